The third kappa shape index (κ3) is 8.21. The van der Waals surface area contributed by atoms with Crippen molar-refractivity contribution >= 4 is 50.7 Å². The molecule has 2 amide bonds. The molecule has 0 saturated heterocycles. The van der Waals surface area contributed by atoms with Crippen LogP contribution in [0.25, 0.3) is 0 Å². The molecule has 0 aliphatic rings. The summed E-state index contributed by atoms with van der Waals surface area (Å²) in [6.45, 7) is 5.23. The summed E-state index contributed by atoms with van der Waals surface area (Å²) in [7, 11) is -4.19. The summed E-state index contributed by atoms with van der Waals surface area (Å²) in [6.07, 6.45) is 0.860. The molecule has 1 atom stereocenters. The lowest BCUT2D eigenvalue weighted by Gasteiger charge is -2.33. The second-order valence-corrected chi connectivity index (χ2v) is 12.1. The van der Waals surface area contributed by atoms with E-state index in [1.165, 1.54) is 35.2 Å². The number of rotatable bonds is 12. The Kier molecular flexibility index (Phi) is 10.8. The van der Waals surface area contributed by atoms with E-state index in [2.05, 4.69) is 5.32 Å². The van der Waals surface area contributed by atoms with Crippen LogP contribution in [0.15, 0.2) is 83.8 Å². The van der Waals surface area contributed by atoms with E-state index in [1.54, 1.807) is 18.2 Å². The number of sulfonamides is 1. The van der Waals surface area contributed by atoms with Crippen LogP contribution in [0.4, 0.5) is 5.69 Å². The fraction of sp³-hybridized carbons (Fsp3) is 0.310. The lowest BCUT2D eigenvalue weighted by atomic mass is 10.1. The molecule has 0 radical (unpaired) electrons. The topological polar surface area (TPSA) is 86.8 Å². The summed E-state index contributed by atoms with van der Waals surface area (Å²) in [5, 5.41) is 3.59. The first-order chi connectivity index (χ1) is 18.5. The minimum absolute atomic E-state index is 0.0277. The van der Waals surface area contributed by atoms with Gasteiger partial charge >= 0.3 is 0 Å². The van der Waals surface area contributed by atoms with Gasteiger partial charge < -0.3 is 10.2 Å². The lowest BCUT2D eigenvalue weighted by Crippen LogP contribution is -2.54. The van der Waals surface area contributed by atoms with Crippen LogP contribution < -0.4 is 9.62 Å². The molecule has 0 saturated carbocycles. The van der Waals surface area contributed by atoms with Crippen molar-refractivity contribution in [3.8, 4) is 0 Å². The number of anilines is 1. The summed E-state index contributed by atoms with van der Waals surface area (Å²) in [4.78, 5) is 28.5. The summed E-state index contributed by atoms with van der Waals surface area (Å²) in [5.41, 5.74) is 1.23. The van der Waals surface area contributed by atoms with E-state index in [1.807, 2.05) is 51.1 Å². The van der Waals surface area contributed by atoms with Gasteiger partial charge in [-0.25, -0.2) is 8.42 Å². The molecule has 0 heterocycles. The van der Waals surface area contributed by atoms with Gasteiger partial charge in [-0.1, -0.05) is 66.5 Å². The van der Waals surface area contributed by atoms with Gasteiger partial charge in [0.05, 0.1) is 10.6 Å². The Morgan fingerprint density at radius 3 is 2.15 bits per heavy atom. The first-order valence-corrected chi connectivity index (χ1v) is 14.9. The van der Waals surface area contributed by atoms with E-state index in [0.717, 1.165) is 9.87 Å². The van der Waals surface area contributed by atoms with E-state index >= 15 is 0 Å². The Morgan fingerprint density at radius 1 is 0.897 bits per heavy atom. The zero-order chi connectivity index (χ0) is 28.6. The van der Waals surface area contributed by atoms with Crippen LogP contribution in [0.1, 0.15) is 32.8 Å². The first kappa shape index (κ1) is 30.5. The zero-order valence-electron chi connectivity index (χ0n) is 22.2. The average molecular weight is 591 g/mol. The van der Waals surface area contributed by atoms with Crippen molar-refractivity contribution < 1.29 is 18.0 Å². The molecule has 0 bridgehead atoms. The third-order valence-electron chi connectivity index (χ3n) is 6.08. The summed E-state index contributed by atoms with van der Waals surface area (Å²) in [5.74, 6) is -0.794. The van der Waals surface area contributed by atoms with Crippen LogP contribution in [-0.4, -0.2) is 50.3 Å². The van der Waals surface area contributed by atoms with Crippen LogP contribution in [0.2, 0.25) is 10.0 Å². The molecule has 0 aliphatic heterocycles. The minimum Gasteiger partial charge on any atom is -0.352 e. The zero-order valence-corrected chi connectivity index (χ0v) is 24.5. The van der Waals surface area contributed by atoms with Crippen molar-refractivity contribution in [1.82, 2.24) is 10.2 Å². The highest BCUT2D eigenvalue weighted by molar-refractivity contribution is 7.92. The molecule has 1 N–H and O–H groups in total. The molecule has 208 valence electrons. The SMILES string of the molecule is CCC(C(=O)NC(C)C)N(CCc1ccccc1)C(=O)CN(c1cccc(Cl)c1)S(=O)(=O)c1ccc(Cl)cc1. The van der Waals surface area contributed by atoms with E-state index in [4.69, 9.17) is 23.2 Å². The summed E-state index contributed by atoms with van der Waals surface area (Å²) >= 11 is 12.2. The number of nitrogens with zero attached hydrogens (tertiary/aromatic N) is 2. The number of hydrogen-bond donors (Lipinski definition) is 1. The second kappa shape index (κ2) is 13.8. The second-order valence-electron chi connectivity index (χ2n) is 9.36. The largest absolute Gasteiger partial charge is 0.352 e. The van der Waals surface area contributed by atoms with E-state index in [9.17, 15) is 18.0 Å². The Hall–Kier alpha value is -3.07. The normalized spacial score (nSPS) is 12.2. The van der Waals surface area contributed by atoms with Crippen LogP contribution in [-0.2, 0) is 26.0 Å². The molecule has 39 heavy (non-hydrogen) atoms. The molecule has 1 unspecified atom stereocenters. The maximum absolute atomic E-state index is 13.9. The number of amides is 2. The van der Waals surface area contributed by atoms with E-state index in [-0.39, 0.29) is 29.1 Å². The third-order valence-corrected chi connectivity index (χ3v) is 8.35. The predicted molar refractivity (Wildman–Crippen MR) is 157 cm³/mol. The molecule has 7 nitrogen and oxygen atoms in total. The van der Waals surface area contributed by atoms with Gasteiger partial charge in [-0.3, -0.25) is 13.9 Å². The van der Waals surface area contributed by atoms with Crippen molar-refractivity contribution in [2.24, 2.45) is 0 Å². The van der Waals surface area contributed by atoms with Crippen LogP contribution in [0.5, 0.6) is 0 Å². The molecular weight excluding hydrogens is 557 g/mol. The fourth-order valence-electron chi connectivity index (χ4n) is 4.17. The van der Waals surface area contributed by atoms with Gasteiger partial charge in [-0.15, -0.1) is 0 Å². The number of benzene rings is 3. The van der Waals surface area contributed by atoms with Crippen molar-refractivity contribution in [2.75, 3.05) is 17.4 Å². The molecule has 10 heteroatoms. The van der Waals surface area contributed by atoms with Gasteiger partial charge in [0.1, 0.15) is 12.6 Å². The van der Waals surface area contributed by atoms with Crippen molar-refractivity contribution in [1.29, 1.82) is 0 Å². The minimum atomic E-state index is -4.19. The average Bonchev–Trinajstić information content (AvgIpc) is 2.89. The van der Waals surface area contributed by atoms with Crippen LogP contribution >= 0.6 is 23.2 Å². The highest BCUT2D eigenvalue weighted by Gasteiger charge is 2.33. The Labute approximate surface area is 240 Å². The number of nitrogens with one attached hydrogen (secondary N) is 1. The van der Waals surface area contributed by atoms with Gasteiger partial charge in [0.25, 0.3) is 10.0 Å². The quantitative estimate of drug-likeness (QED) is 0.299. The maximum Gasteiger partial charge on any atom is 0.264 e. The molecule has 3 aromatic rings. The standard InChI is InChI=1S/C29H33Cl2N3O4S/c1-4-27(29(36)32-21(2)3)33(18-17-22-9-6-5-7-10-22)28(35)20-34(25-12-8-11-24(31)19-25)39(37,38)26-15-13-23(30)14-16-26/h5-16,19,21,27H,4,17-18,20H2,1-3H3,(H,32,36). The molecule has 0 aromatic heterocycles. The van der Waals surface area contributed by atoms with Crippen LogP contribution in [0, 0.1) is 0 Å². The number of carbonyl (C=O) groups is 2. The summed E-state index contributed by atoms with van der Waals surface area (Å²) < 4.78 is 28.6. The van der Waals surface area contributed by atoms with E-state index < -0.39 is 28.5 Å². The monoisotopic (exact) mass is 589 g/mol. The van der Waals surface area contributed by atoms with Crippen molar-refractivity contribution in [2.45, 2.75) is 50.6 Å². The number of halogens is 2. The molecule has 0 fully saturated rings. The Balaban J connectivity index is 2.01. The number of hydrogen-bond acceptors (Lipinski definition) is 4. The Morgan fingerprint density at radius 2 is 1.56 bits per heavy atom. The Bertz CT molecular complexity index is 1370. The molecule has 0 spiro atoms. The van der Waals surface area contributed by atoms with Gasteiger partial charge in [-0.2, -0.15) is 0 Å². The molecule has 3 aromatic carbocycles. The highest BCUT2D eigenvalue weighted by atomic mass is 35.5. The molecule has 0 aliphatic carbocycles. The lowest BCUT2D eigenvalue weighted by molar-refractivity contribution is -0.139. The molecular formula is C29H33Cl2N3O4S. The van der Waals surface area contributed by atoms with Crippen LogP contribution in [0.3, 0.4) is 0 Å². The fourth-order valence-corrected chi connectivity index (χ4v) is 5.89. The van der Waals surface area contributed by atoms with Gasteiger partial charge in [0.15, 0.2) is 0 Å². The maximum atomic E-state index is 13.9. The van der Waals surface area contributed by atoms with Crippen molar-refractivity contribution in [3.05, 3.63) is 94.5 Å². The van der Waals surface area contributed by atoms with Gasteiger partial charge in [-0.05, 0) is 74.7 Å². The highest BCUT2D eigenvalue weighted by Crippen LogP contribution is 2.27. The van der Waals surface area contributed by atoms with Crippen molar-refractivity contribution in [3.63, 3.8) is 0 Å². The van der Waals surface area contributed by atoms with E-state index in [0.29, 0.717) is 22.9 Å². The summed E-state index contributed by atoms with van der Waals surface area (Å²) in [6, 6.07) is 20.7. The van der Waals surface area contributed by atoms with Gasteiger partial charge in [0, 0.05) is 22.6 Å². The smallest absolute Gasteiger partial charge is 0.264 e. The predicted octanol–water partition coefficient (Wildman–Crippen LogP) is 5.56. The van der Waals surface area contributed by atoms with Gasteiger partial charge in [0.2, 0.25) is 11.8 Å². The number of carbonyl (C=O) groups excluding carboxylic acids is 2. The molecule has 3 rings (SSSR count). The first-order valence-electron chi connectivity index (χ1n) is 12.7.